The van der Waals surface area contributed by atoms with E-state index in [2.05, 4.69) is 5.16 Å². The molecule has 0 aliphatic rings. The molecular formula is C10H12N2O2. The second-order valence-electron chi connectivity index (χ2n) is 2.99. The van der Waals surface area contributed by atoms with Crippen LogP contribution in [0, 0.1) is 0 Å². The number of nitrogens with two attached hydrogens (primary N) is 1. The fourth-order valence-corrected chi connectivity index (χ4v) is 1.13. The van der Waals surface area contributed by atoms with Gasteiger partial charge < -0.3 is 15.7 Å². The van der Waals surface area contributed by atoms with Crippen LogP contribution in [0.25, 0.3) is 0 Å². The van der Waals surface area contributed by atoms with Crippen molar-refractivity contribution in [2.24, 2.45) is 10.9 Å². The van der Waals surface area contributed by atoms with Crippen LogP contribution in [-0.2, 0) is 11.2 Å². The second-order valence-corrected chi connectivity index (χ2v) is 2.99. The van der Waals surface area contributed by atoms with E-state index in [-0.39, 0.29) is 0 Å². The molecule has 0 saturated heterocycles. The predicted octanol–water partition coefficient (Wildman–Crippen LogP) is 0.563. The third-order valence-electron chi connectivity index (χ3n) is 1.83. The van der Waals surface area contributed by atoms with Gasteiger partial charge in [-0.2, -0.15) is 0 Å². The lowest BCUT2D eigenvalue weighted by Crippen LogP contribution is -2.23. The van der Waals surface area contributed by atoms with Crippen molar-refractivity contribution >= 4 is 12.5 Å². The van der Waals surface area contributed by atoms with Gasteiger partial charge in [-0.05, 0) is 17.5 Å². The SMILES string of the molecule is N[C@H](C=O)Cc1ccc(/C=N/O)cc1. The maximum Gasteiger partial charge on any atom is 0.137 e. The summed E-state index contributed by atoms with van der Waals surface area (Å²) in [5.74, 6) is 0. The lowest BCUT2D eigenvalue weighted by atomic mass is 10.1. The zero-order valence-corrected chi connectivity index (χ0v) is 7.63. The van der Waals surface area contributed by atoms with Gasteiger partial charge in [0.25, 0.3) is 0 Å². The third-order valence-corrected chi connectivity index (χ3v) is 1.83. The number of carbonyl (C=O) groups excluding carboxylic acids is 1. The van der Waals surface area contributed by atoms with Gasteiger partial charge in [-0.15, -0.1) is 0 Å². The quantitative estimate of drug-likeness (QED) is 0.317. The highest BCUT2D eigenvalue weighted by Crippen LogP contribution is 2.04. The fraction of sp³-hybridized carbons (Fsp3) is 0.200. The summed E-state index contributed by atoms with van der Waals surface area (Å²) in [7, 11) is 0. The number of hydrogen-bond donors (Lipinski definition) is 2. The Bertz CT molecular complexity index is 319. The average Bonchev–Trinajstić information content (AvgIpc) is 2.21. The molecule has 14 heavy (non-hydrogen) atoms. The van der Waals surface area contributed by atoms with Crippen molar-refractivity contribution in [2.45, 2.75) is 12.5 Å². The molecular weight excluding hydrogens is 180 g/mol. The molecule has 1 rings (SSSR count). The number of aldehydes is 1. The molecule has 3 N–H and O–H groups in total. The minimum absolute atomic E-state index is 0.452. The van der Waals surface area contributed by atoms with Gasteiger partial charge >= 0.3 is 0 Å². The predicted molar refractivity (Wildman–Crippen MR) is 53.6 cm³/mol. The lowest BCUT2D eigenvalue weighted by molar-refractivity contribution is -0.108. The van der Waals surface area contributed by atoms with Gasteiger partial charge in [0.05, 0.1) is 12.3 Å². The minimum atomic E-state index is -0.452. The zero-order chi connectivity index (χ0) is 10.4. The van der Waals surface area contributed by atoms with Crippen LogP contribution in [0.2, 0.25) is 0 Å². The molecule has 0 fully saturated rings. The van der Waals surface area contributed by atoms with Crippen LogP contribution in [-0.4, -0.2) is 23.7 Å². The summed E-state index contributed by atoms with van der Waals surface area (Å²) in [6.45, 7) is 0. The van der Waals surface area contributed by atoms with E-state index in [1.54, 1.807) is 12.1 Å². The highest BCUT2D eigenvalue weighted by molar-refractivity contribution is 5.78. The molecule has 0 aromatic heterocycles. The molecule has 0 saturated carbocycles. The minimum Gasteiger partial charge on any atom is -0.411 e. The third kappa shape index (κ3) is 2.99. The molecule has 0 aliphatic carbocycles. The molecule has 1 aromatic rings. The van der Waals surface area contributed by atoms with Gasteiger partial charge in [-0.3, -0.25) is 0 Å². The van der Waals surface area contributed by atoms with E-state index in [9.17, 15) is 4.79 Å². The lowest BCUT2D eigenvalue weighted by Gasteiger charge is -2.03. The van der Waals surface area contributed by atoms with Crippen LogP contribution >= 0.6 is 0 Å². The Balaban J connectivity index is 2.68. The second kappa shape index (κ2) is 5.14. The first-order valence-electron chi connectivity index (χ1n) is 4.23. The molecule has 0 heterocycles. The Hall–Kier alpha value is -1.68. The first-order chi connectivity index (χ1) is 6.76. The van der Waals surface area contributed by atoms with Crippen LogP contribution in [0.4, 0.5) is 0 Å². The van der Waals surface area contributed by atoms with E-state index in [0.717, 1.165) is 17.4 Å². The summed E-state index contributed by atoms with van der Waals surface area (Å²) in [6, 6.07) is 6.84. The Labute approximate surface area is 82.0 Å². The molecule has 0 radical (unpaired) electrons. The van der Waals surface area contributed by atoms with Gasteiger partial charge in [-0.25, -0.2) is 0 Å². The maximum absolute atomic E-state index is 10.3. The number of carbonyl (C=O) groups is 1. The molecule has 1 aromatic carbocycles. The van der Waals surface area contributed by atoms with E-state index in [4.69, 9.17) is 10.9 Å². The topological polar surface area (TPSA) is 75.7 Å². The summed E-state index contributed by atoms with van der Waals surface area (Å²) in [5.41, 5.74) is 7.25. The van der Waals surface area contributed by atoms with Crippen LogP contribution in [0.1, 0.15) is 11.1 Å². The Kier molecular flexibility index (Phi) is 3.82. The molecule has 74 valence electrons. The highest BCUT2D eigenvalue weighted by Gasteiger charge is 2.01. The number of hydrogen-bond acceptors (Lipinski definition) is 4. The molecule has 0 amide bonds. The van der Waals surface area contributed by atoms with Crippen LogP contribution < -0.4 is 5.73 Å². The summed E-state index contributed by atoms with van der Waals surface area (Å²) >= 11 is 0. The standard InChI is InChI=1S/C10H12N2O2/c11-10(7-13)5-8-1-3-9(4-2-8)6-12-14/h1-4,6-7,10,14H,5,11H2/b12-6+/t10-/m0/s1. The summed E-state index contributed by atoms with van der Waals surface area (Å²) in [4.78, 5) is 10.3. The zero-order valence-electron chi connectivity index (χ0n) is 7.63. The van der Waals surface area contributed by atoms with Crippen molar-refractivity contribution in [2.75, 3.05) is 0 Å². The largest absolute Gasteiger partial charge is 0.411 e. The van der Waals surface area contributed by atoms with Gasteiger partial charge in [0.2, 0.25) is 0 Å². The Morgan fingerprint density at radius 3 is 2.57 bits per heavy atom. The van der Waals surface area contributed by atoms with Crippen LogP contribution in [0.15, 0.2) is 29.4 Å². The van der Waals surface area contributed by atoms with Gasteiger partial charge in [0, 0.05) is 0 Å². The van der Waals surface area contributed by atoms with Crippen molar-refractivity contribution in [3.8, 4) is 0 Å². The smallest absolute Gasteiger partial charge is 0.137 e. The Morgan fingerprint density at radius 2 is 2.07 bits per heavy atom. The van der Waals surface area contributed by atoms with Crippen LogP contribution in [0.3, 0.4) is 0 Å². The van der Waals surface area contributed by atoms with E-state index in [1.165, 1.54) is 6.21 Å². The van der Waals surface area contributed by atoms with Crippen molar-refractivity contribution in [1.82, 2.24) is 0 Å². The molecule has 4 nitrogen and oxygen atoms in total. The average molecular weight is 192 g/mol. The number of benzene rings is 1. The van der Waals surface area contributed by atoms with E-state index in [1.807, 2.05) is 12.1 Å². The number of rotatable bonds is 4. The highest BCUT2D eigenvalue weighted by atomic mass is 16.4. The maximum atomic E-state index is 10.3. The van der Waals surface area contributed by atoms with Crippen molar-refractivity contribution in [1.29, 1.82) is 0 Å². The van der Waals surface area contributed by atoms with Gasteiger partial charge in [-0.1, -0.05) is 29.4 Å². The van der Waals surface area contributed by atoms with Crippen LogP contribution in [0.5, 0.6) is 0 Å². The molecule has 0 unspecified atom stereocenters. The summed E-state index contributed by atoms with van der Waals surface area (Å²) in [5, 5.41) is 11.2. The number of oxime groups is 1. The fourth-order valence-electron chi connectivity index (χ4n) is 1.13. The first-order valence-corrected chi connectivity index (χ1v) is 4.23. The summed E-state index contributed by atoms with van der Waals surface area (Å²) < 4.78 is 0. The first kappa shape index (κ1) is 10.4. The molecule has 0 bridgehead atoms. The van der Waals surface area contributed by atoms with Crippen molar-refractivity contribution < 1.29 is 10.0 Å². The normalized spacial score (nSPS) is 12.9. The Morgan fingerprint density at radius 1 is 1.43 bits per heavy atom. The van der Waals surface area contributed by atoms with E-state index < -0.39 is 6.04 Å². The van der Waals surface area contributed by atoms with Crippen molar-refractivity contribution in [3.05, 3.63) is 35.4 Å². The molecule has 0 spiro atoms. The van der Waals surface area contributed by atoms with Gasteiger partial charge in [0.1, 0.15) is 6.29 Å². The van der Waals surface area contributed by atoms with Crippen molar-refractivity contribution in [3.63, 3.8) is 0 Å². The monoisotopic (exact) mass is 192 g/mol. The molecule has 1 atom stereocenters. The van der Waals surface area contributed by atoms with E-state index >= 15 is 0 Å². The molecule has 4 heteroatoms. The number of nitrogens with zero attached hydrogens (tertiary/aromatic N) is 1. The summed E-state index contributed by atoms with van der Waals surface area (Å²) in [6.07, 6.45) is 2.59. The van der Waals surface area contributed by atoms with Gasteiger partial charge in [0.15, 0.2) is 0 Å². The van der Waals surface area contributed by atoms with E-state index in [0.29, 0.717) is 6.42 Å². The molecule has 0 aliphatic heterocycles.